The van der Waals surface area contributed by atoms with Gasteiger partial charge in [-0.3, -0.25) is 19.5 Å². The van der Waals surface area contributed by atoms with Gasteiger partial charge >= 0.3 is 0 Å². The summed E-state index contributed by atoms with van der Waals surface area (Å²) < 4.78 is 10.6. The average Bonchev–Trinajstić information content (AvgIpc) is 2.88. The first-order chi connectivity index (χ1) is 16.4. The molecule has 1 N–H and O–H groups in total. The van der Waals surface area contributed by atoms with Gasteiger partial charge in [-0.2, -0.15) is 0 Å². The molecular weight excluding hydrogens is 430 g/mol. The van der Waals surface area contributed by atoms with Crippen LogP contribution in [-0.2, 0) is 14.3 Å². The van der Waals surface area contributed by atoms with Crippen molar-refractivity contribution >= 4 is 23.2 Å². The molecule has 1 heterocycles. The lowest BCUT2D eigenvalue weighted by Gasteiger charge is -2.31. The van der Waals surface area contributed by atoms with E-state index < -0.39 is 11.9 Å². The maximum absolute atomic E-state index is 13.7. The predicted octanol–water partition coefficient (Wildman–Crippen LogP) is 5.01. The molecule has 0 aliphatic carbocycles. The highest BCUT2D eigenvalue weighted by molar-refractivity contribution is 6.09. The minimum absolute atomic E-state index is 0.104. The van der Waals surface area contributed by atoms with Crippen molar-refractivity contribution in [1.82, 2.24) is 4.98 Å². The second-order valence-electron chi connectivity index (χ2n) is 7.74. The number of nitrogens with zero attached hydrogens (tertiary/aromatic N) is 2. The number of hydrogen-bond donors (Lipinski definition) is 1. The summed E-state index contributed by atoms with van der Waals surface area (Å²) >= 11 is 0. The third-order valence-electron chi connectivity index (χ3n) is 5.60. The number of nitrogens with one attached hydrogen (secondary N) is 1. The van der Waals surface area contributed by atoms with Crippen LogP contribution in [0.3, 0.4) is 0 Å². The summed E-state index contributed by atoms with van der Waals surface area (Å²) in [6.07, 6.45) is 4.29. The third kappa shape index (κ3) is 5.50. The quantitative estimate of drug-likeness (QED) is 0.455. The summed E-state index contributed by atoms with van der Waals surface area (Å²) in [5, 5.41) is 2.96. The standard InChI is InChI=1S/C27H29N3O4/c1-6-25(31)30(22-11-9-20(10-12-22)19(3)33-4)26(21-8-7-15-28-17-21)27(32)29-24-14-13-23(34-5)16-18(24)2/h6-17,19,26H,1H2,2-5H3,(H,29,32). The average molecular weight is 460 g/mol. The predicted molar refractivity (Wildman–Crippen MR) is 133 cm³/mol. The van der Waals surface area contributed by atoms with E-state index in [9.17, 15) is 9.59 Å². The van der Waals surface area contributed by atoms with Gasteiger partial charge in [0.2, 0.25) is 0 Å². The van der Waals surface area contributed by atoms with Crippen molar-refractivity contribution in [1.29, 1.82) is 0 Å². The van der Waals surface area contributed by atoms with Crippen LogP contribution >= 0.6 is 0 Å². The van der Waals surface area contributed by atoms with Crippen LogP contribution in [0.4, 0.5) is 11.4 Å². The molecule has 0 saturated carbocycles. The van der Waals surface area contributed by atoms with Gasteiger partial charge in [-0.1, -0.05) is 24.8 Å². The molecule has 2 unspecified atom stereocenters. The van der Waals surface area contributed by atoms with Crippen LogP contribution in [0.5, 0.6) is 5.75 Å². The van der Waals surface area contributed by atoms with Crippen molar-refractivity contribution in [3.05, 3.63) is 96.3 Å². The molecule has 0 saturated heterocycles. The lowest BCUT2D eigenvalue weighted by atomic mass is 10.0. The van der Waals surface area contributed by atoms with E-state index in [0.717, 1.165) is 11.1 Å². The molecule has 0 spiro atoms. The van der Waals surface area contributed by atoms with E-state index in [-0.39, 0.29) is 12.0 Å². The normalized spacial score (nSPS) is 12.4. The fraction of sp³-hybridized carbons (Fsp3) is 0.222. The topological polar surface area (TPSA) is 80.8 Å². The smallest absolute Gasteiger partial charge is 0.252 e. The SMILES string of the molecule is C=CC(=O)N(c1ccc(C(C)OC)cc1)C(C(=O)Nc1ccc(OC)cc1C)c1cccnc1. The van der Waals surface area contributed by atoms with Crippen LogP contribution in [0, 0.1) is 6.92 Å². The van der Waals surface area contributed by atoms with Crippen molar-refractivity contribution < 1.29 is 19.1 Å². The number of rotatable bonds is 9. The molecule has 2 amide bonds. The van der Waals surface area contributed by atoms with Crippen LogP contribution in [0.1, 0.15) is 35.8 Å². The Bertz CT molecular complexity index is 1150. The molecule has 0 radical (unpaired) electrons. The van der Waals surface area contributed by atoms with Crippen LogP contribution in [0.25, 0.3) is 0 Å². The number of aryl methyl sites for hydroxylation is 1. The summed E-state index contributed by atoms with van der Waals surface area (Å²) in [7, 11) is 3.22. The molecule has 1 aromatic heterocycles. The molecule has 0 fully saturated rings. The van der Waals surface area contributed by atoms with Crippen LogP contribution in [0.15, 0.2) is 79.6 Å². The first-order valence-corrected chi connectivity index (χ1v) is 10.8. The number of pyridine rings is 1. The number of aromatic nitrogens is 1. The summed E-state index contributed by atoms with van der Waals surface area (Å²) in [6, 6.07) is 15.2. The number of anilines is 2. The second kappa shape index (κ2) is 11.2. The Morgan fingerprint density at radius 3 is 2.38 bits per heavy atom. The van der Waals surface area contributed by atoms with Crippen LogP contribution in [0.2, 0.25) is 0 Å². The lowest BCUT2D eigenvalue weighted by molar-refractivity contribution is -0.121. The van der Waals surface area contributed by atoms with Gasteiger partial charge in [0.05, 0.1) is 13.2 Å². The number of benzene rings is 2. The first-order valence-electron chi connectivity index (χ1n) is 10.8. The Balaban J connectivity index is 2.05. The maximum Gasteiger partial charge on any atom is 0.252 e. The minimum Gasteiger partial charge on any atom is -0.497 e. The zero-order chi connectivity index (χ0) is 24.7. The molecule has 3 aromatic rings. The van der Waals surface area contributed by atoms with E-state index in [0.29, 0.717) is 22.7 Å². The van der Waals surface area contributed by atoms with E-state index in [1.165, 1.54) is 11.0 Å². The summed E-state index contributed by atoms with van der Waals surface area (Å²) in [4.78, 5) is 32.3. The number of carbonyl (C=O) groups is 2. The maximum atomic E-state index is 13.7. The molecule has 0 bridgehead atoms. The lowest BCUT2D eigenvalue weighted by Crippen LogP contribution is -2.41. The molecule has 0 aliphatic rings. The van der Waals surface area contributed by atoms with E-state index in [1.54, 1.807) is 63.0 Å². The summed E-state index contributed by atoms with van der Waals surface area (Å²) in [6.45, 7) is 7.46. The Labute approximate surface area is 200 Å². The molecule has 34 heavy (non-hydrogen) atoms. The molecular formula is C27H29N3O4. The number of hydrogen-bond acceptors (Lipinski definition) is 5. The third-order valence-corrected chi connectivity index (χ3v) is 5.60. The largest absolute Gasteiger partial charge is 0.497 e. The molecule has 2 aromatic carbocycles. The zero-order valence-corrected chi connectivity index (χ0v) is 19.8. The molecule has 7 heteroatoms. The number of ether oxygens (including phenoxy) is 2. The van der Waals surface area contributed by atoms with Gasteiger partial charge in [-0.05, 0) is 67.4 Å². The number of carbonyl (C=O) groups excluding carboxylic acids is 2. The van der Waals surface area contributed by atoms with E-state index in [2.05, 4.69) is 16.9 Å². The molecule has 0 aliphatic heterocycles. The van der Waals surface area contributed by atoms with Crippen LogP contribution in [-0.4, -0.2) is 31.0 Å². The van der Waals surface area contributed by atoms with Gasteiger partial charge in [0.25, 0.3) is 11.8 Å². The van der Waals surface area contributed by atoms with Crippen LogP contribution < -0.4 is 15.0 Å². The summed E-state index contributed by atoms with van der Waals surface area (Å²) in [5.41, 5.74) is 3.52. The Kier molecular flexibility index (Phi) is 8.16. The minimum atomic E-state index is -0.980. The number of methoxy groups -OCH3 is 2. The molecule has 3 rings (SSSR count). The molecule has 2 atom stereocenters. The highest BCUT2D eigenvalue weighted by atomic mass is 16.5. The Hall–Kier alpha value is -3.97. The van der Waals surface area contributed by atoms with Gasteiger partial charge in [0.1, 0.15) is 11.8 Å². The highest BCUT2D eigenvalue weighted by Crippen LogP contribution is 2.31. The van der Waals surface area contributed by atoms with Crippen molar-refractivity contribution in [3.8, 4) is 5.75 Å². The van der Waals surface area contributed by atoms with Gasteiger partial charge in [-0.25, -0.2) is 0 Å². The van der Waals surface area contributed by atoms with Crippen molar-refractivity contribution in [2.45, 2.75) is 26.0 Å². The van der Waals surface area contributed by atoms with Crippen molar-refractivity contribution in [3.63, 3.8) is 0 Å². The van der Waals surface area contributed by atoms with E-state index in [1.807, 2.05) is 32.0 Å². The molecule has 176 valence electrons. The van der Waals surface area contributed by atoms with Gasteiger partial charge in [0.15, 0.2) is 0 Å². The van der Waals surface area contributed by atoms with E-state index in [4.69, 9.17) is 9.47 Å². The van der Waals surface area contributed by atoms with Gasteiger partial charge in [-0.15, -0.1) is 0 Å². The van der Waals surface area contributed by atoms with Crippen molar-refractivity contribution in [2.75, 3.05) is 24.4 Å². The summed E-state index contributed by atoms with van der Waals surface area (Å²) in [5.74, 6) is -0.109. The first kappa shape index (κ1) is 24.7. The van der Waals surface area contributed by atoms with E-state index >= 15 is 0 Å². The Morgan fingerprint density at radius 2 is 1.82 bits per heavy atom. The monoisotopic (exact) mass is 459 g/mol. The number of amides is 2. The van der Waals surface area contributed by atoms with Gasteiger partial charge < -0.3 is 14.8 Å². The fourth-order valence-electron chi connectivity index (χ4n) is 3.60. The van der Waals surface area contributed by atoms with Gasteiger partial charge in [0, 0.05) is 36.4 Å². The van der Waals surface area contributed by atoms with Crippen molar-refractivity contribution in [2.24, 2.45) is 0 Å². The molecule has 7 nitrogen and oxygen atoms in total. The zero-order valence-electron chi connectivity index (χ0n) is 19.8. The Morgan fingerprint density at radius 1 is 1.09 bits per heavy atom. The second-order valence-corrected chi connectivity index (χ2v) is 7.74. The fourth-order valence-corrected chi connectivity index (χ4v) is 3.60. The highest BCUT2D eigenvalue weighted by Gasteiger charge is 2.32.